The molecular formula is C18H21N3S2. The van der Waals surface area contributed by atoms with Crippen LogP contribution in [0.4, 0.5) is 0 Å². The number of aromatic amines is 1. The molecule has 2 N–H and O–H groups in total. The normalized spacial score (nSPS) is 16.1. The van der Waals surface area contributed by atoms with Crippen LogP contribution in [0, 0.1) is 13.8 Å². The smallest absolute Gasteiger partial charge is 0.0900 e. The molecule has 3 nitrogen and oxygen atoms in total. The van der Waals surface area contributed by atoms with Crippen molar-refractivity contribution in [2.45, 2.75) is 50.5 Å². The van der Waals surface area contributed by atoms with Crippen LogP contribution in [0.1, 0.15) is 40.9 Å². The third kappa shape index (κ3) is 3.18. The van der Waals surface area contributed by atoms with Crippen LogP contribution in [0.3, 0.4) is 0 Å². The fourth-order valence-corrected chi connectivity index (χ4v) is 4.60. The van der Waals surface area contributed by atoms with E-state index in [2.05, 4.69) is 59.9 Å². The van der Waals surface area contributed by atoms with Gasteiger partial charge in [0.05, 0.1) is 10.7 Å². The molecule has 0 atom stereocenters. The van der Waals surface area contributed by atoms with Gasteiger partial charge in [0, 0.05) is 38.8 Å². The number of thiazole rings is 1. The standard InChI is InChI=1S/C18H21N3S2/c1-11-17(22-12(2)20-11)8-13-10-19-16-9-14(4-5-15(13)16)23-21-18(3)6-7-18/h4-5,9-10,19,21H,6-8H2,1-3H3. The second kappa shape index (κ2) is 5.65. The van der Waals surface area contributed by atoms with E-state index in [1.807, 2.05) is 0 Å². The number of hydrogen-bond acceptors (Lipinski definition) is 4. The summed E-state index contributed by atoms with van der Waals surface area (Å²) in [6, 6.07) is 6.70. The molecule has 0 bridgehead atoms. The van der Waals surface area contributed by atoms with E-state index in [0.717, 1.165) is 17.1 Å². The van der Waals surface area contributed by atoms with E-state index in [1.54, 1.807) is 23.3 Å². The van der Waals surface area contributed by atoms with Crippen molar-refractivity contribution in [2.24, 2.45) is 0 Å². The third-order valence-corrected chi connectivity index (χ3v) is 6.66. The van der Waals surface area contributed by atoms with Crippen molar-refractivity contribution < 1.29 is 0 Å². The fraction of sp³-hybridized carbons (Fsp3) is 0.389. The second-order valence-electron chi connectivity index (χ2n) is 6.70. The molecule has 4 rings (SSSR count). The Morgan fingerprint density at radius 3 is 2.87 bits per heavy atom. The molecule has 0 saturated heterocycles. The monoisotopic (exact) mass is 343 g/mol. The van der Waals surface area contributed by atoms with Gasteiger partial charge in [-0.2, -0.15) is 0 Å². The van der Waals surface area contributed by atoms with Crippen LogP contribution in [0.2, 0.25) is 0 Å². The Balaban J connectivity index is 1.56. The molecule has 2 aromatic heterocycles. The van der Waals surface area contributed by atoms with Crippen molar-refractivity contribution in [3.8, 4) is 0 Å². The average Bonchev–Trinajstić information content (AvgIpc) is 2.99. The molecule has 2 heterocycles. The van der Waals surface area contributed by atoms with Crippen molar-refractivity contribution in [1.29, 1.82) is 0 Å². The molecule has 1 aromatic carbocycles. The zero-order chi connectivity index (χ0) is 16.0. The Bertz CT molecular complexity index is 858. The number of nitrogens with zero attached hydrogens (tertiary/aromatic N) is 1. The lowest BCUT2D eigenvalue weighted by Gasteiger charge is -2.10. The van der Waals surface area contributed by atoms with Crippen LogP contribution in [0.5, 0.6) is 0 Å². The van der Waals surface area contributed by atoms with E-state index in [0.29, 0.717) is 5.54 Å². The van der Waals surface area contributed by atoms with Crippen LogP contribution in [0.25, 0.3) is 10.9 Å². The van der Waals surface area contributed by atoms with Gasteiger partial charge >= 0.3 is 0 Å². The van der Waals surface area contributed by atoms with Gasteiger partial charge in [0.25, 0.3) is 0 Å². The number of aromatic nitrogens is 2. The van der Waals surface area contributed by atoms with Crippen molar-refractivity contribution in [1.82, 2.24) is 14.7 Å². The number of hydrogen-bond donors (Lipinski definition) is 2. The van der Waals surface area contributed by atoms with E-state index in [9.17, 15) is 0 Å². The highest BCUT2D eigenvalue weighted by Crippen LogP contribution is 2.38. The number of nitrogens with one attached hydrogen (secondary N) is 2. The minimum Gasteiger partial charge on any atom is -0.361 e. The molecule has 1 saturated carbocycles. The van der Waals surface area contributed by atoms with Crippen molar-refractivity contribution in [3.63, 3.8) is 0 Å². The number of aryl methyl sites for hydroxylation is 2. The van der Waals surface area contributed by atoms with Crippen LogP contribution in [-0.2, 0) is 6.42 Å². The Hall–Kier alpha value is -1.30. The Labute approximate surface area is 145 Å². The van der Waals surface area contributed by atoms with Crippen LogP contribution < -0.4 is 4.72 Å². The Kier molecular flexibility index (Phi) is 3.75. The zero-order valence-corrected chi connectivity index (χ0v) is 15.3. The van der Waals surface area contributed by atoms with E-state index < -0.39 is 0 Å². The van der Waals surface area contributed by atoms with Gasteiger partial charge in [0.1, 0.15) is 0 Å². The highest BCUT2D eigenvalue weighted by atomic mass is 32.2. The molecule has 0 amide bonds. The first-order chi connectivity index (χ1) is 11.0. The van der Waals surface area contributed by atoms with Gasteiger partial charge in [-0.25, -0.2) is 4.98 Å². The lowest BCUT2D eigenvalue weighted by atomic mass is 10.1. The van der Waals surface area contributed by atoms with Gasteiger partial charge < -0.3 is 4.98 Å². The lowest BCUT2D eigenvalue weighted by Crippen LogP contribution is -2.19. The van der Waals surface area contributed by atoms with E-state index in [1.165, 1.54) is 39.1 Å². The van der Waals surface area contributed by atoms with Gasteiger partial charge in [0.15, 0.2) is 0 Å². The SMILES string of the molecule is Cc1nc(C)c(Cc2c[nH]c3cc(SNC4(C)CC4)ccc23)s1. The first-order valence-electron chi connectivity index (χ1n) is 7.99. The van der Waals surface area contributed by atoms with Gasteiger partial charge in [-0.3, -0.25) is 4.72 Å². The molecule has 5 heteroatoms. The summed E-state index contributed by atoms with van der Waals surface area (Å²) in [4.78, 5) is 10.6. The number of rotatable bonds is 5. The van der Waals surface area contributed by atoms with E-state index in [4.69, 9.17) is 0 Å². The molecule has 120 valence electrons. The zero-order valence-electron chi connectivity index (χ0n) is 13.7. The maximum absolute atomic E-state index is 4.54. The summed E-state index contributed by atoms with van der Waals surface area (Å²) in [5.41, 5.74) is 4.08. The topological polar surface area (TPSA) is 40.7 Å². The summed E-state index contributed by atoms with van der Waals surface area (Å²) in [7, 11) is 0. The van der Waals surface area contributed by atoms with Gasteiger partial charge in [0.2, 0.25) is 0 Å². The first-order valence-corrected chi connectivity index (χ1v) is 9.63. The van der Waals surface area contributed by atoms with E-state index in [-0.39, 0.29) is 0 Å². The van der Waals surface area contributed by atoms with E-state index >= 15 is 0 Å². The first kappa shape index (κ1) is 15.2. The summed E-state index contributed by atoms with van der Waals surface area (Å²) >= 11 is 3.55. The van der Waals surface area contributed by atoms with Crippen molar-refractivity contribution in [3.05, 3.63) is 45.5 Å². The van der Waals surface area contributed by atoms with Crippen LogP contribution >= 0.6 is 23.3 Å². The fourth-order valence-electron chi connectivity index (χ4n) is 2.76. The molecule has 0 aliphatic heterocycles. The molecule has 0 spiro atoms. The second-order valence-corrected chi connectivity index (χ2v) is 8.87. The largest absolute Gasteiger partial charge is 0.361 e. The predicted octanol–water partition coefficient (Wildman–Crippen LogP) is 4.98. The summed E-state index contributed by atoms with van der Waals surface area (Å²) < 4.78 is 3.57. The molecule has 1 aliphatic rings. The molecule has 0 unspecified atom stereocenters. The average molecular weight is 344 g/mol. The summed E-state index contributed by atoms with van der Waals surface area (Å²) in [5.74, 6) is 0. The number of H-pyrrole nitrogens is 1. The maximum atomic E-state index is 4.54. The van der Waals surface area contributed by atoms with Gasteiger partial charge in [-0.15, -0.1) is 11.3 Å². The van der Waals surface area contributed by atoms with Crippen LogP contribution in [0.15, 0.2) is 29.3 Å². The highest BCUT2D eigenvalue weighted by molar-refractivity contribution is 7.97. The highest BCUT2D eigenvalue weighted by Gasteiger charge is 2.37. The summed E-state index contributed by atoms with van der Waals surface area (Å²) in [6.07, 6.45) is 5.66. The lowest BCUT2D eigenvalue weighted by molar-refractivity contribution is 0.701. The molecule has 3 aromatic rings. The maximum Gasteiger partial charge on any atom is 0.0900 e. The summed E-state index contributed by atoms with van der Waals surface area (Å²) in [6.45, 7) is 6.46. The molecular weight excluding hydrogens is 322 g/mol. The Morgan fingerprint density at radius 1 is 1.35 bits per heavy atom. The molecule has 0 radical (unpaired) electrons. The molecule has 1 fully saturated rings. The molecule has 1 aliphatic carbocycles. The minimum atomic E-state index is 0.349. The minimum absolute atomic E-state index is 0.349. The van der Waals surface area contributed by atoms with Crippen molar-refractivity contribution >= 4 is 34.2 Å². The summed E-state index contributed by atoms with van der Waals surface area (Å²) in [5, 5.41) is 2.47. The van der Waals surface area contributed by atoms with Crippen molar-refractivity contribution in [2.75, 3.05) is 0 Å². The molecule has 23 heavy (non-hydrogen) atoms. The number of fused-ring (bicyclic) bond motifs is 1. The van der Waals surface area contributed by atoms with Crippen LogP contribution in [-0.4, -0.2) is 15.5 Å². The Morgan fingerprint density at radius 2 is 2.17 bits per heavy atom. The van der Waals surface area contributed by atoms with Gasteiger partial charge in [-0.05, 0) is 63.3 Å². The quantitative estimate of drug-likeness (QED) is 0.642. The predicted molar refractivity (Wildman–Crippen MR) is 99.3 cm³/mol. The van der Waals surface area contributed by atoms with Gasteiger partial charge in [-0.1, -0.05) is 6.07 Å². The number of benzene rings is 1. The third-order valence-electron chi connectivity index (χ3n) is 4.50.